The van der Waals surface area contributed by atoms with Crippen LogP contribution in [-0.4, -0.2) is 24.4 Å². The molecule has 2 aromatic rings. The Morgan fingerprint density at radius 1 is 1.32 bits per heavy atom. The third-order valence-corrected chi connectivity index (χ3v) is 3.12. The summed E-state index contributed by atoms with van der Waals surface area (Å²) in [6.45, 7) is -1.50. The Kier molecular flexibility index (Phi) is 5.48. The zero-order valence-electron chi connectivity index (χ0n) is 13.2. The van der Waals surface area contributed by atoms with Crippen molar-refractivity contribution < 1.29 is 32.4 Å². The quantitative estimate of drug-likeness (QED) is 0.323. The van der Waals surface area contributed by atoms with Crippen LogP contribution in [0.5, 0.6) is 11.5 Å². The molecular formula is C16H13F2NO6. The molecule has 9 heteroatoms. The van der Waals surface area contributed by atoms with Gasteiger partial charge >= 0.3 is 6.61 Å². The van der Waals surface area contributed by atoms with Crippen LogP contribution < -0.4 is 9.47 Å². The number of rotatable bonds is 7. The van der Waals surface area contributed by atoms with Crippen LogP contribution in [0.4, 0.5) is 14.5 Å². The van der Waals surface area contributed by atoms with E-state index in [1.807, 2.05) is 0 Å². The number of carbonyl (C=O) groups is 1. The molecule has 0 radical (unpaired) electrons. The van der Waals surface area contributed by atoms with E-state index >= 15 is 0 Å². The molecule has 1 aromatic carbocycles. The van der Waals surface area contributed by atoms with E-state index in [1.54, 1.807) is 13.0 Å². The molecule has 0 saturated carbocycles. The van der Waals surface area contributed by atoms with Crippen molar-refractivity contribution in [2.75, 3.05) is 7.11 Å². The van der Waals surface area contributed by atoms with Gasteiger partial charge in [0.05, 0.1) is 23.7 Å². The van der Waals surface area contributed by atoms with Crippen LogP contribution in [0, 0.1) is 17.0 Å². The summed E-state index contributed by atoms with van der Waals surface area (Å²) in [7, 11) is 1.20. The van der Waals surface area contributed by atoms with E-state index in [0.717, 1.165) is 18.2 Å². The number of alkyl halides is 2. The summed E-state index contributed by atoms with van der Waals surface area (Å²) in [4.78, 5) is 22.4. The Labute approximate surface area is 140 Å². The monoisotopic (exact) mass is 353 g/mol. The van der Waals surface area contributed by atoms with Gasteiger partial charge in [0.2, 0.25) is 5.78 Å². The molecule has 0 aliphatic rings. The first-order chi connectivity index (χ1) is 11.8. The Morgan fingerprint density at radius 3 is 2.56 bits per heavy atom. The van der Waals surface area contributed by atoms with E-state index in [4.69, 9.17) is 9.15 Å². The smallest absolute Gasteiger partial charge is 0.387 e. The first kappa shape index (κ1) is 18.1. The molecule has 0 aliphatic heterocycles. The number of hydrogen-bond donors (Lipinski definition) is 0. The Hall–Kier alpha value is -3.23. The van der Waals surface area contributed by atoms with E-state index in [2.05, 4.69) is 4.74 Å². The number of ether oxygens (including phenoxy) is 2. The minimum atomic E-state index is -3.17. The summed E-state index contributed by atoms with van der Waals surface area (Å²) >= 11 is 0. The molecule has 0 aliphatic carbocycles. The number of nitro benzene ring substituents is 1. The van der Waals surface area contributed by atoms with Gasteiger partial charge in [0.1, 0.15) is 5.76 Å². The van der Waals surface area contributed by atoms with Crippen molar-refractivity contribution in [1.82, 2.24) is 0 Å². The van der Waals surface area contributed by atoms with Gasteiger partial charge in [-0.05, 0) is 37.3 Å². The maximum Gasteiger partial charge on any atom is 0.387 e. The van der Waals surface area contributed by atoms with E-state index in [9.17, 15) is 23.7 Å². The van der Waals surface area contributed by atoms with Gasteiger partial charge in [-0.15, -0.1) is 0 Å². The molecule has 0 atom stereocenters. The highest BCUT2D eigenvalue weighted by Gasteiger charge is 2.20. The van der Waals surface area contributed by atoms with Crippen molar-refractivity contribution in [3.63, 3.8) is 0 Å². The number of halogens is 2. The van der Waals surface area contributed by atoms with E-state index in [0.29, 0.717) is 5.76 Å². The van der Waals surface area contributed by atoms with Crippen molar-refractivity contribution in [3.8, 4) is 11.5 Å². The fraction of sp³-hybridized carbons (Fsp3) is 0.188. The third kappa shape index (κ3) is 4.40. The van der Waals surface area contributed by atoms with E-state index < -0.39 is 28.8 Å². The van der Waals surface area contributed by atoms with Crippen molar-refractivity contribution in [2.45, 2.75) is 13.5 Å². The Bertz CT molecular complexity index is 828. The molecule has 0 N–H and O–H groups in total. The van der Waals surface area contributed by atoms with Gasteiger partial charge in [-0.2, -0.15) is 8.78 Å². The number of aryl methyl sites for hydroxylation is 1. The van der Waals surface area contributed by atoms with Crippen molar-refractivity contribution in [3.05, 3.63) is 57.5 Å². The standard InChI is InChI=1S/C16H13F2NO6/c1-9-3-6-13(24-9)12(20)5-4-10-7-14(23-2)15(25-16(17)18)8-11(10)19(21)22/h3-8,16H,1-2H3/b5-4+. The molecule has 7 nitrogen and oxygen atoms in total. The number of furan rings is 1. The number of allylic oxidation sites excluding steroid dienone is 1. The van der Waals surface area contributed by atoms with Gasteiger partial charge in [-0.1, -0.05) is 0 Å². The summed E-state index contributed by atoms with van der Waals surface area (Å²) in [5.74, 6) is -0.505. The average molecular weight is 353 g/mol. The minimum Gasteiger partial charge on any atom is -0.493 e. The zero-order chi connectivity index (χ0) is 18.6. The van der Waals surface area contributed by atoms with Crippen LogP contribution in [0.2, 0.25) is 0 Å². The summed E-state index contributed by atoms with van der Waals surface area (Å²) in [6.07, 6.45) is 2.25. The fourth-order valence-corrected chi connectivity index (χ4v) is 2.02. The second kappa shape index (κ2) is 7.56. The number of carbonyl (C=O) groups excluding carboxylic acids is 1. The maximum atomic E-state index is 12.4. The molecule has 0 bridgehead atoms. The van der Waals surface area contributed by atoms with Gasteiger partial charge in [-0.25, -0.2) is 0 Å². The average Bonchev–Trinajstić information content (AvgIpc) is 2.98. The second-order valence-electron chi connectivity index (χ2n) is 4.81. The molecule has 0 unspecified atom stereocenters. The van der Waals surface area contributed by atoms with Crippen LogP contribution in [0.25, 0.3) is 6.08 Å². The molecule has 0 saturated heterocycles. The highest BCUT2D eigenvalue weighted by molar-refractivity contribution is 6.05. The lowest BCUT2D eigenvalue weighted by Gasteiger charge is -2.10. The first-order valence-corrected chi connectivity index (χ1v) is 6.92. The highest BCUT2D eigenvalue weighted by Crippen LogP contribution is 2.36. The molecule has 2 rings (SSSR count). The maximum absolute atomic E-state index is 12.4. The number of nitrogens with zero attached hydrogens (tertiary/aromatic N) is 1. The van der Waals surface area contributed by atoms with Gasteiger partial charge in [0.15, 0.2) is 17.3 Å². The predicted molar refractivity (Wildman–Crippen MR) is 83.1 cm³/mol. The fourth-order valence-electron chi connectivity index (χ4n) is 2.02. The number of hydrogen-bond acceptors (Lipinski definition) is 6. The molecule has 0 spiro atoms. The van der Waals surface area contributed by atoms with Crippen molar-refractivity contribution >= 4 is 17.5 Å². The lowest BCUT2D eigenvalue weighted by Crippen LogP contribution is -2.05. The van der Waals surface area contributed by atoms with E-state index in [1.165, 1.54) is 19.3 Å². The van der Waals surface area contributed by atoms with Crippen LogP contribution in [-0.2, 0) is 0 Å². The Morgan fingerprint density at radius 2 is 2.04 bits per heavy atom. The normalized spacial score (nSPS) is 11.1. The van der Waals surface area contributed by atoms with Gasteiger partial charge < -0.3 is 13.9 Å². The van der Waals surface area contributed by atoms with Gasteiger partial charge in [0.25, 0.3) is 5.69 Å². The molecular weight excluding hydrogens is 340 g/mol. The number of methoxy groups -OCH3 is 1. The van der Waals surface area contributed by atoms with Crippen LogP contribution in [0.3, 0.4) is 0 Å². The third-order valence-electron chi connectivity index (χ3n) is 3.12. The zero-order valence-corrected chi connectivity index (χ0v) is 13.2. The van der Waals surface area contributed by atoms with Crippen LogP contribution in [0.1, 0.15) is 21.9 Å². The first-order valence-electron chi connectivity index (χ1n) is 6.92. The number of benzene rings is 1. The lowest BCUT2D eigenvalue weighted by atomic mass is 10.1. The number of nitro groups is 1. The van der Waals surface area contributed by atoms with Crippen LogP contribution >= 0.6 is 0 Å². The number of ketones is 1. The lowest BCUT2D eigenvalue weighted by molar-refractivity contribution is -0.385. The molecule has 0 fully saturated rings. The largest absolute Gasteiger partial charge is 0.493 e. The van der Waals surface area contributed by atoms with Gasteiger partial charge in [-0.3, -0.25) is 14.9 Å². The molecule has 1 heterocycles. The van der Waals surface area contributed by atoms with E-state index in [-0.39, 0.29) is 17.1 Å². The van der Waals surface area contributed by atoms with Crippen molar-refractivity contribution in [2.24, 2.45) is 0 Å². The molecule has 0 amide bonds. The molecule has 1 aromatic heterocycles. The summed E-state index contributed by atoms with van der Waals surface area (Å²) in [5, 5.41) is 11.2. The second-order valence-corrected chi connectivity index (χ2v) is 4.81. The SMILES string of the molecule is COc1cc(/C=C/C(=O)c2ccc(C)o2)c([N+](=O)[O-])cc1OC(F)F. The molecule has 25 heavy (non-hydrogen) atoms. The highest BCUT2D eigenvalue weighted by atomic mass is 19.3. The van der Waals surface area contributed by atoms with Crippen LogP contribution in [0.15, 0.2) is 34.8 Å². The summed E-state index contributed by atoms with van der Waals surface area (Å²) < 4.78 is 39.1. The summed E-state index contributed by atoms with van der Waals surface area (Å²) in [6, 6.07) is 5.01. The topological polar surface area (TPSA) is 91.8 Å². The molecule has 132 valence electrons. The summed E-state index contributed by atoms with van der Waals surface area (Å²) in [5.41, 5.74) is -0.531. The predicted octanol–water partition coefficient (Wildman–Crippen LogP) is 4.00. The Balaban J connectivity index is 2.40. The van der Waals surface area contributed by atoms with Crippen molar-refractivity contribution in [1.29, 1.82) is 0 Å². The van der Waals surface area contributed by atoms with Gasteiger partial charge in [0, 0.05) is 0 Å². The minimum absolute atomic E-state index is 0.0138.